The number of urea groups is 1. The maximum Gasteiger partial charge on any atom is 0.317 e. The molecule has 1 atom stereocenters. The SMILES string of the molecule is CCNC(=O)N(Cc1ccccc1F)C[C@H]1CC(c2ccccc2Cl)=NO1. The summed E-state index contributed by atoms with van der Waals surface area (Å²) < 4.78 is 14.0. The molecule has 2 aromatic rings. The van der Waals surface area contributed by atoms with Gasteiger partial charge in [-0.05, 0) is 19.1 Å². The van der Waals surface area contributed by atoms with Crippen LogP contribution in [-0.4, -0.2) is 35.8 Å². The van der Waals surface area contributed by atoms with Crippen LogP contribution in [0.2, 0.25) is 5.02 Å². The maximum atomic E-state index is 14.0. The van der Waals surface area contributed by atoms with E-state index in [1.807, 2.05) is 25.1 Å². The van der Waals surface area contributed by atoms with Crippen LogP contribution in [0.3, 0.4) is 0 Å². The van der Waals surface area contributed by atoms with Crippen molar-refractivity contribution in [3.05, 3.63) is 70.5 Å². The fraction of sp³-hybridized carbons (Fsp3) is 0.300. The molecule has 0 spiro atoms. The monoisotopic (exact) mass is 389 g/mol. The maximum absolute atomic E-state index is 14.0. The lowest BCUT2D eigenvalue weighted by atomic mass is 10.0. The van der Waals surface area contributed by atoms with Gasteiger partial charge < -0.3 is 15.1 Å². The molecule has 27 heavy (non-hydrogen) atoms. The molecule has 1 aliphatic heterocycles. The van der Waals surface area contributed by atoms with Crippen molar-refractivity contribution in [2.24, 2.45) is 5.16 Å². The first kappa shape index (κ1) is 19.2. The predicted octanol–water partition coefficient (Wildman–Crippen LogP) is 4.20. The third-order valence-electron chi connectivity index (χ3n) is 4.28. The molecule has 0 saturated heterocycles. The molecule has 5 nitrogen and oxygen atoms in total. The molecule has 0 saturated carbocycles. The van der Waals surface area contributed by atoms with E-state index in [1.165, 1.54) is 11.0 Å². The number of nitrogens with one attached hydrogen (secondary N) is 1. The van der Waals surface area contributed by atoms with Crippen LogP contribution in [-0.2, 0) is 11.4 Å². The lowest BCUT2D eigenvalue weighted by molar-refractivity contribution is 0.0588. The van der Waals surface area contributed by atoms with E-state index in [0.717, 1.165) is 11.3 Å². The molecule has 1 aliphatic rings. The van der Waals surface area contributed by atoms with Crippen molar-refractivity contribution in [1.29, 1.82) is 0 Å². The lowest BCUT2D eigenvalue weighted by Gasteiger charge is -2.25. The molecular formula is C20H21ClFN3O2. The molecule has 2 aromatic carbocycles. The normalized spacial score (nSPS) is 15.8. The van der Waals surface area contributed by atoms with Gasteiger partial charge in [0.2, 0.25) is 0 Å². The second-order valence-electron chi connectivity index (χ2n) is 6.26. The predicted molar refractivity (Wildman–Crippen MR) is 103 cm³/mol. The second-order valence-corrected chi connectivity index (χ2v) is 6.66. The number of carbonyl (C=O) groups is 1. The van der Waals surface area contributed by atoms with Crippen LogP contribution in [0, 0.1) is 5.82 Å². The number of oxime groups is 1. The summed E-state index contributed by atoms with van der Waals surface area (Å²) >= 11 is 6.22. The van der Waals surface area contributed by atoms with E-state index in [-0.39, 0.29) is 31.0 Å². The zero-order valence-electron chi connectivity index (χ0n) is 15.0. The third-order valence-corrected chi connectivity index (χ3v) is 4.61. The van der Waals surface area contributed by atoms with Gasteiger partial charge in [0, 0.05) is 29.1 Å². The van der Waals surface area contributed by atoms with Gasteiger partial charge in [-0.1, -0.05) is 53.2 Å². The zero-order valence-corrected chi connectivity index (χ0v) is 15.7. The van der Waals surface area contributed by atoms with Crippen LogP contribution in [0.4, 0.5) is 9.18 Å². The van der Waals surface area contributed by atoms with Gasteiger partial charge in [0.1, 0.15) is 5.82 Å². The Hall–Kier alpha value is -2.60. The molecule has 0 unspecified atom stereocenters. The Morgan fingerprint density at radius 1 is 1.30 bits per heavy atom. The Morgan fingerprint density at radius 2 is 2.04 bits per heavy atom. The fourth-order valence-corrected chi connectivity index (χ4v) is 3.19. The number of hydrogen-bond donors (Lipinski definition) is 1. The minimum Gasteiger partial charge on any atom is -0.390 e. The molecule has 1 N–H and O–H groups in total. The van der Waals surface area contributed by atoms with Crippen molar-refractivity contribution in [2.45, 2.75) is 26.0 Å². The van der Waals surface area contributed by atoms with Crippen molar-refractivity contribution in [1.82, 2.24) is 10.2 Å². The quantitative estimate of drug-likeness (QED) is 0.804. The van der Waals surface area contributed by atoms with E-state index in [4.69, 9.17) is 16.4 Å². The van der Waals surface area contributed by atoms with Gasteiger partial charge in [0.05, 0.1) is 18.8 Å². The van der Waals surface area contributed by atoms with Gasteiger partial charge in [-0.15, -0.1) is 0 Å². The number of amides is 2. The minimum absolute atomic E-state index is 0.153. The lowest BCUT2D eigenvalue weighted by Crippen LogP contribution is -2.43. The smallest absolute Gasteiger partial charge is 0.317 e. The van der Waals surface area contributed by atoms with E-state index < -0.39 is 0 Å². The molecule has 0 bridgehead atoms. The standard InChI is InChI=1S/C20H21ClFN3O2/c1-2-23-20(26)25(12-14-7-3-6-10-18(14)22)13-15-11-19(24-27-15)16-8-4-5-9-17(16)21/h3-10,15H,2,11-13H2,1H3,(H,23,26)/t15-/m1/s1. The average molecular weight is 390 g/mol. The number of carbonyl (C=O) groups excluding carboxylic acids is 1. The molecule has 0 aromatic heterocycles. The van der Waals surface area contributed by atoms with Crippen molar-refractivity contribution < 1.29 is 14.0 Å². The molecule has 1 heterocycles. The summed E-state index contributed by atoms with van der Waals surface area (Å²) in [5.41, 5.74) is 2.02. The number of hydrogen-bond acceptors (Lipinski definition) is 3. The van der Waals surface area contributed by atoms with E-state index in [9.17, 15) is 9.18 Å². The average Bonchev–Trinajstić information content (AvgIpc) is 3.12. The highest BCUT2D eigenvalue weighted by Gasteiger charge is 2.28. The summed E-state index contributed by atoms with van der Waals surface area (Å²) in [5, 5.41) is 7.50. The Kier molecular flexibility index (Phi) is 6.29. The zero-order chi connectivity index (χ0) is 19.2. The number of nitrogens with zero attached hydrogens (tertiary/aromatic N) is 2. The van der Waals surface area contributed by atoms with E-state index in [0.29, 0.717) is 23.6 Å². The molecule has 142 valence electrons. The van der Waals surface area contributed by atoms with E-state index in [2.05, 4.69) is 10.5 Å². The highest BCUT2D eigenvalue weighted by molar-refractivity contribution is 6.34. The van der Waals surface area contributed by atoms with Gasteiger partial charge in [-0.25, -0.2) is 9.18 Å². The van der Waals surface area contributed by atoms with Gasteiger partial charge >= 0.3 is 6.03 Å². The first-order valence-corrected chi connectivity index (χ1v) is 9.20. The largest absolute Gasteiger partial charge is 0.390 e. The minimum atomic E-state index is -0.341. The van der Waals surface area contributed by atoms with Crippen LogP contribution in [0.5, 0.6) is 0 Å². The van der Waals surface area contributed by atoms with Crippen molar-refractivity contribution in [3.63, 3.8) is 0 Å². The van der Waals surface area contributed by atoms with Gasteiger partial charge in [0.15, 0.2) is 6.10 Å². The van der Waals surface area contributed by atoms with Crippen LogP contribution < -0.4 is 5.32 Å². The topological polar surface area (TPSA) is 53.9 Å². The Balaban J connectivity index is 1.69. The van der Waals surface area contributed by atoms with Gasteiger partial charge in [0.25, 0.3) is 0 Å². The highest BCUT2D eigenvalue weighted by atomic mass is 35.5. The molecule has 0 aliphatic carbocycles. The molecular weight excluding hydrogens is 369 g/mol. The van der Waals surface area contributed by atoms with Crippen LogP contribution in [0.1, 0.15) is 24.5 Å². The summed E-state index contributed by atoms with van der Waals surface area (Å²) in [4.78, 5) is 19.5. The van der Waals surface area contributed by atoms with Gasteiger partial charge in [-0.2, -0.15) is 0 Å². The molecule has 3 rings (SSSR count). The summed E-state index contributed by atoms with van der Waals surface area (Å²) in [5.74, 6) is -0.341. The summed E-state index contributed by atoms with van der Waals surface area (Å²) in [6.07, 6.45) is 0.211. The summed E-state index contributed by atoms with van der Waals surface area (Å²) in [6.45, 7) is 2.76. The van der Waals surface area contributed by atoms with Crippen molar-refractivity contribution >= 4 is 23.3 Å². The Labute approximate surface area is 162 Å². The van der Waals surface area contributed by atoms with Crippen LogP contribution >= 0.6 is 11.6 Å². The molecule has 2 amide bonds. The third kappa shape index (κ3) is 4.77. The van der Waals surface area contributed by atoms with E-state index >= 15 is 0 Å². The van der Waals surface area contributed by atoms with Crippen LogP contribution in [0.15, 0.2) is 53.7 Å². The fourth-order valence-electron chi connectivity index (χ4n) is 2.94. The molecule has 0 fully saturated rings. The van der Waals surface area contributed by atoms with Crippen molar-refractivity contribution in [2.75, 3.05) is 13.1 Å². The Morgan fingerprint density at radius 3 is 2.78 bits per heavy atom. The second kappa shape index (κ2) is 8.86. The van der Waals surface area contributed by atoms with Crippen molar-refractivity contribution in [3.8, 4) is 0 Å². The first-order valence-electron chi connectivity index (χ1n) is 8.82. The van der Waals surface area contributed by atoms with Crippen LogP contribution in [0.25, 0.3) is 0 Å². The highest BCUT2D eigenvalue weighted by Crippen LogP contribution is 2.23. The molecule has 0 radical (unpaired) electrons. The Bertz CT molecular complexity index is 843. The first-order chi connectivity index (χ1) is 13.1. The molecule has 7 heteroatoms. The van der Waals surface area contributed by atoms with Gasteiger partial charge in [-0.3, -0.25) is 0 Å². The summed E-state index contributed by atoms with van der Waals surface area (Å²) in [7, 11) is 0. The number of halogens is 2. The number of benzene rings is 2. The summed E-state index contributed by atoms with van der Waals surface area (Å²) in [6, 6.07) is 13.6. The van der Waals surface area contributed by atoms with E-state index in [1.54, 1.807) is 24.3 Å². The number of rotatable bonds is 6.